The Morgan fingerprint density at radius 3 is 2.64 bits per heavy atom. The maximum absolute atomic E-state index is 13.1. The molecule has 0 bridgehead atoms. The molecule has 0 aliphatic carbocycles. The second-order valence-electron chi connectivity index (χ2n) is 6.13. The van der Waals surface area contributed by atoms with E-state index >= 15 is 0 Å². The lowest BCUT2D eigenvalue weighted by Crippen LogP contribution is -2.53. The van der Waals surface area contributed by atoms with E-state index in [9.17, 15) is 9.59 Å². The summed E-state index contributed by atoms with van der Waals surface area (Å²) in [4.78, 5) is 32.6. The van der Waals surface area contributed by atoms with E-state index in [1.165, 1.54) is 4.90 Å². The van der Waals surface area contributed by atoms with Gasteiger partial charge in [-0.2, -0.15) is 0 Å². The van der Waals surface area contributed by atoms with Gasteiger partial charge in [-0.1, -0.05) is 36.4 Å². The van der Waals surface area contributed by atoms with E-state index < -0.39 is 12.1 Å². The minimum absolute atomic E-state index is 0.106. The minimum Gasteiger partial charge on any atom is -0.356 e. The molecule has 1 aromatic carbocycles. The SMILES string of the molecule is Cc1cccnc1N(C)C(=O)C1OCC(=O)N(C)C1c1ccccc1. The molecular weight excluding hydrogens is 318 g/mol. The van der Waals surface area contributed by atoms with Crippen LogP contribution in [0, 0.1) is 6.92 Å². The summed E-state index contributed by atoms with van der Waals surface area (Å²) in [5.74, 6) is 0.215. The van der Waals surface area contributed by atoms with Crippen LogP contribution in [0.3, 0.4) is 0 Å². The number of anilines is 1. The average Bonchev–Trinajstić information content (AvgIpc) is 2.64. The van der Waals surface area contributed by atoms with Crippen molar-refractivity contribution in [3.63, 3.8) is 0 Å². The number of pyridine rings is 1. The zero-order chi connectivity index (χ0) is 18.0. The van der Waals surface area contributed by atoms with Gasteiger partial charge in [0, 0.05) is 20.3 Å². The van der Waals surface area contributed by atoms with Gasteiger partial charge in [0.25, 0.3) is 5.91 Å². The summed E-state index contributed by atoms with van der Waals surface area (Å²) < 4.78 is 5.66. The first kappa shape index (κ1) is 17.1. The van der Waals surface area contributed by atoms with Crippen LogP contribution in [0.4, 0.5) is 5.82 Å². The molecule has 1 aliphatic rings. The van der Waals surface area contributed by atoms with Crippen LogP contribution < -0.4 is 4.90 Å². The van der Waals surface area contributed by atoms with Crippen LogP contribution in [0.1, 0.15) is 17.2 Å². The van der Waals surface area contributed by atoms with Gasteiger partial charge in [0.2, 0.25) is 5.91 Å². The standard InChI is InChI=1S/C19H21N3O3/c1-13-8-7-11-20-18(13)22(3)19(24)17-16(14-9-5-4-6-10-14)21(2)15(23)12-25-17/h4-11,16-17H,12H2,1-3H3. The van der Waals surface area contributed by atoms with Crippen LogP contribution in [-0.2, 0) is 14.3 Å². The number of hydrogen-bond donors (Lipinski definition) is 0. The van der Waals surface area contributed by atoms with Crippen molar-refractivity contribution in [2.75, 3.05) is 25.6 Å². The van der Waals surface area contributed by atoms with Crippen molar-refractivity contribution in [1.82, 2.24) is 9.88 Å². The molecular formula is C19H21N3O3. The number of likely N-dealkylation sites (N-methyl/N-ethyl adjacent to an activating group) is 2. The Balaban J connectivity index is 1.94. The number of benzene rings is 1. The number of morpholine rings is 1. The summed E-state index contributed by atoms with van der Waals surface area (Å²) >= 11 is 0. The second-order valence-corrected chi connectivity index (χ2v) is 6.13. The minimum atomic E-state index is -0.781. The van der Waals surface area contributed by atoms with E-state index in [1.54, 1.807) is 25.2 Å². The van der Waals surface area contributed by atoms with E-state index in [4.69, 9.17) is 4.74 Å². The fraction of sp³-hybridized carbons (Fsp3) is 0.316. The van der Waals surface area contributed by atoms with Crippen molar-refractivity contribution in [3.05, 3.63) is 59.8 Å². The third-order valence-electron chi connectivity index (χ3n) is 4.50. The van der Waals surface area contributed by atoms with Crippen molar-refractivity contribution >= 4 is 17.6 Å². The molecule has 0 spiro atoms. The monoisotopic (exact) mass is 339 g/mol. The maximum Gasteiger partial charge on any atom is 0.259 e. The van der Waals surface area contributed by atoms with E-state index in [-0.39, 0.29) is 18.4 Å². The number of amides is 2. The predicted octanol–water partition coefficient (Wildman–Crippen LogP) is 1.95. The Hall–Kier alpha value is -2.73. The first-order valence-electron chi connectivity index (χ1n) is 8.12. The molecule has 2 unspecified atom stereocenters. The van der Waals surface area contributed by atoms with Gasteiger partial charge >= 0.3 is 0 Å². The van der Waals surface area contributed by atoms with Gasteiger partial charge in [-0.25, -0.2) is 4.98 Å². The molecule has 0 N–H and O–H groups in total. The highest BCUT2D eigenvalue weighted by atomic mass is 16.5. The molecule has 1 aromatic heterocycles. The van der Waals surface area contributed by atoms with Gasteiger partial charge in [0.05, 0.1) is 6.04 Å². The smallest absolute Gasteiger partial charge is 0.259 e. The Morgan fingerprint density at radius 2 is 1.96 bits per heavy atom. The Bertz CT molecular complexity index is 778. The summed E-state index contributed by atoms with van der Waals surface area (Å²) in [5, 5.41) is 0. The van der Waals surface area contributed by atoms with Crippen LogP contribution in [0.15, 0.2) is 48.7 Å². The molecule has 1 aliphatic heterocycles. The third-order valence-corrected chi connectivity index (χ3v) is 4.50. The number of carbonyl (C=O) groups is 2. The number of hydrogen-bond acceptors (Lipinski definition) is 4. The largest absolute Gasteiger partial charge is 0.356 e. The highest BCUT2D eigenvalue weighted by Crippen LogP contribution is 2.31. The molecule has 2 amide bonds. The highest BCUT2D eigenvalue weighted by Gasteiger charge is 2.41. The maximum atomic E-state index is 13.1. The summed E-state index contributed by atoms with van der Waals surface area (Å²) in [6, 6.07) is 12.7. The number of nitrogens with zero attached hydrogens (tertiary/aromatic N) is 3. The second kappa shape index (κ2) is 7.03. The van der Waals surface area contributed by atoms with Gasteiger partial charge < -0.3 is 9.64 Å². The number of aryl methyl sites for hydroxylation is 1. The van der Waals surface area contributed by atoms with Gasteiger partial charge in [-0.15, -0.1) is 0 Å². The molecule has 2 heterocycles. The molecule has 1 fully saturated rings. The quantitative estimate of drug-likeness (QED) is 0.857. The van der Waals surface area contributed by atoms with Gasteiger partial charge in [-0.3, -0.25) is 14.5 Å². The average molecular weight is 339 g/mol. The lowest BCUT2D eigenvalue weighted by molar-refractivity contribution is -0.160. The zero-order valence-corrected chi connectivity index (χ0v) is 14.5. The van der Waals surface area contributed by atoms with E-state index in [1.807, 2.05) is 49.4 Å². The molecule has 0 radical (unpaired) electrons. The van der Waals surface area contributed by atoms with Crippen molar-refractivity contribution in [2.24, 2.45) is 0 Å². The number of carbonyl (C=O) groups excluding carboxylic acids is 2. The summed E-state index contributed by atoms with van der Waals surface area (Å²) in [6.07, 6.45) is 0.870. The van der Waals surface area contributed by atoms with E-state index in [2.05, 4.69) is 4.98 Å². The van der Waals surface area contributed by atoms with Crippen molar-refractivity contribution in [1.29, 1.82) is 0 Å². The predicted molar refractivity (Wildman–Crippen MR) is 94.1 cm³/mol. The van der Waals surface area contributed by atoms with Gasteiger partial charge in [0.15, 0.2) is 6.10 Å². The fourth-order valence-electron chi connectivity index (χ4n) is 3.09. The zero-order valence-electron chi connectivity index (χ0n) is 14.5. The van der Waals surface area contributed by atoms with Crippen molar-refractivity contribution < 1.29 is 14.3 Å². The summed E-state index contributed by atoms with van der Waals surface area (Å²) in [7, 11) is 3.38. The first-order chi connectivity index (χ1) is 12.0. The molecule has 3 rings (SSSR count). The summed E-state index contributed by atoms with van der Waals surface area (Å²) in [6.45, 7) is 1.80. The molecule has 2 aromatic rings. The van der Waals surface area contributed by atoms with Crippen LogP contribution in [0.25, 0.3) is 0 Å². The molecule has 0 saturated carbocycles. The lowest BCUT2D eigenvalue weighted by Gasteiger charge is -2.39. The van der Waals surface area contributed by atoms with E-state index in [0.717, 1.165) is 11.1 Å². The van der Waals surface area contributed by atoms with Crippen LogP contribution >= 0.6 is 0 Å². The number of rotatable bonds is 3. The Labute approximate surface area is 147 Å². The fourth-order valence-corrected chi connectivity index (χ4v) is 3.09. The molecule has 130 valence electrons. The Kier molecular flexibility index (Phi) is 4.81. The van der Waals surface area contributed by atoms with Crippen LogP contribution in [0.2, 0.25) is 0 Å². The van der Waals surface area contributed by atoms with Crippen molar-refractivity contribution in [3.8, 4) is 0 Å². The highest BCUT2D eigenvalue weighted by molar-refractivity contribution is 5.97. The lowest BCUT2D eigenvalue weighted by atomic mass is 9.97. The molecule has 25 heavy (non-hydrogen) atoms. The van der Waals surface area contributed by atoms with Gasteiger partial charge in [-0.05, 0) is 24.1 Å². The normalized spacial score (nSPS) is 20.4. The topological polar surface area (TPSA) is 62.7 Å². The Morgan fingerprint density at radius 1 is 1.24 bits per heavy atom. The number of ether oxygens (including phenoxy) is 1. The molecule has 6 nitrogen and oxygen atoms in total. The van der Waals surface area contributed by atoms with E-state index in [0.29, 0.717) is 5.82 Å². The summed E-state index contributed by atoms with van der Waals surface area (Å²) in [5.41, 5.74) is 1.76. The van der Waals surface area contributed by atoms with Crippen LogP contribution in [-0.4, -0.2) is 48.5 Å². The molecule has 2 atom stereocenters. The molecule has 1 saturated heterocycles. The van der Waals surface area contributed by atoms with Crippen LogP contribution in [0.5, 0.6) is 0 Å². The third kappa shape index (κ3) is 3.25. The van der Waals surface area contributed by atoms with Crippen molar-refractivity contribution in [2.45, 2.75) is 19.1 Å². The van der Waals surface area contributed by atoms with Gasteiger partial charge in [0.1, 0.15) is 12.4 Å². The first-order valence-corrected chi connectivity index (χ1v) is 8.12. The number of aromatic nitrogens is 1. The molecule has 6 heteroatoms.